The van der Waals surface area contributed by atoms with E-state index in [0.29, 0.717) is 23.5 Å². The smallest absolute Gasteiger partial charge is 0.163 e. The highest BCUT2D eigenvalue weighted by Crippen LogP contribution is 2.39. The molecule has 6 nitrogen and oxygen atoms in total. The van der Waals surface area contributed by atoms with Gasteiger partial charge in [0.05, 0.1) is 7.11 Å². The molecule has 6 heteroatoms. The average molecular weight is 374 g/mol. The van der Waals surface area contributed by atoms with Crippen LogP contribution in [0.2, 0.25) is 0 Å². The lowest BCUT2D eigenvalue weighted by Gasteiger charge is -2.14. The Morgan fingerprint density at radius 1 is 0.963 bits per heavy atom. The fraction of sp³-hybridized carbons (Fsp3) is 0.381. The van der Waals surface area contributed by atoms with E-state index in [-0.39, 0.29) is 52.9 Å². The van der Waals surface area contributed by atoms with E-state index in [2.05, 4.69) is 0 Å². The van der Waals surface area contributed by atoms with Crippen LogP contribution in [0, 0.1) is 5.92 Å². The van der Waals surface area contributed by atoms with Gasteiger partial charge in [-0.2, -0.15) is 0 Å². The van der Waals surface area contributed by atoms with E-state index < -0.39 is 0 Å². The monoisotopic (exact) mass is 374 g/mol. The summed E-state index contributed by atoms with van der Waals surface area (Å²) in [6.07, 6.45) is 1.42. The number of aromatic hydroxyl groups is 4. The van der Waals surface area contributed by atoms with Crippen molar-refractivity contribution in [2.45, 2.75) is 39.5 Å². The Kier molecular flexibility index (Phi) is 6.55. The number of phenols is 4. The summed E-state index contributed by atoms with van der Waals surface area (Å²) in [7, 11) is 1.40. The maximum atomic E-state index is 12.4. The summed E-state index contributed by atoms with van der Waals surface area (Å²) < 4.78 is 5.00. The predicted octanol–water partition coefficient (Wildman–Crippen LogP) is 3.92. The first-order valence-corrected chi connectivity index (χ1v) is 8.90. The van der Waals surface area contributed by atoms with Gasteiger partial charge in [-0.25, -0.2) is 0 Å². The average Bonchev–Trinajstić information content (AvgIpc) is 2.61. The number of rotatable bonds is 8. The van der Waals surface area contributed by atoms with E-state index >= 15 is 0 Å². The molecule has 0 aliphatic rings. The second-order valence-electron chi connectivity index (χ2n) is 6.96. The number of hydrogen-bond donors (Lipinski definition) is 4. The van der Waals surface area contributed by atoms with Crippen molar-refractivity contribution in [1.82, 2.24) is 0 Å². The van der Waals surface area contributed by atoms with Gasteiger partial charge in [0.25, 0.3) is 0 Å². The number of hydrogen-bond acceptors (Lipinski definition) is 6. The Balaban J connectivity index is 2.19. The zero-order valence-electron chi connectivity index (χ0n) is 15.8. The molecule has 2 aromatic carbocycles. The molecule has 0 saturated heterocycles. The number of ketones is 1. The van der Waals surface area contributed by atoms with Crippen LogP contribution in [0.5, 0.6) is 28.7 Å². The Hall–Kier alpha value is -2.89. The zero-order chi connectivity index (χ0) is 20.1. The van der Waals surface area contributed by atoms with Crippen LogP contribution in [0.15, 0.2) is 24.3 Å². The van der Waals surface area contributed by atoms with E-state index in [1.165, 1.54) is 31.4 Å². The summed E-state index contributed by atoms with van der Waals surface area (Å²) in [5.74, 6) is -0.233. The Morgan fingerprint density at radius 2 is 1.59 bits per heavy atom. The molecular formula is C21H26O6. The topological polar surface area (TPSA) is 107 Å². The number of carbonyl (C=O) groups excluding carboxylic acids is 1. The molecular weight excluding hydrogens is 348 g/mol. The highest BCUT2D eigenvalue weighted by Gasteiger charge is 2.19. The molecule has 0 atom stereocenters. The van der Waals surface area contributed by atoms with Crippen LogP contribution in [0.4, 0.5) is 0 Å². The van der Waals surface area contributed by atoms with Crippen molar-refractivity contribution in [1.29, 1.82) is 0 Å². The van der Waals surface area contributed by atoms with Crippen molar-refractivity contribution in [3.63, 3.8) is 0 Å². The van der Waals surface area contributed by atoms with E-state index in [1.807, 2.05) is 13.8 Å². The third-order valence-corrected chi connectivity index (χ3v) is 4.54. The molecule has 4 N–H and O–H groups in total. The van der Waals surface area contributed by atoms with E-state index in [1.54, 1.807) is 0 Å². The lowest BCUT2D eigenvalue weighted by molar-refractivity contribution is 0.0982. The molecule has 0 bridgehead atoms. The van der Waals surface area contributed by atoms with Crippen LogP contribution in [-0.4, -0.2) is 33.3 Å². The molecule has 146 valence electrons. The second-order valence-corrected chi connectivity index (χ2v) is 6.96. The molecule has 0 saturated carbocycles. The molecule has 0 aliphatic carbocycles. The van der Waals surface area contributed by atoms with E-state index in [0.717, 1.165) is 6.42 Å². The summed E-state index contributed by atoms with van der Waals surface area (Å²) >= 11 is 0. The van der Waals surface area contributed by atoms with Crippen molar-refractivity contribution in [3.05, 3.63) is 41.0 Å². The van der Waals surface area contributed by atoms with Crippen LogP contribution in [0.25, 0.3) is 0 Å². The minimum atomic E-state index is -0.241. The van der Waals surface area contributed by atoms with Crippen molar-refractivity contribution in [3.8, 4) is 28.7 Å². The van der Waals surface area contributed by atoms with Gasteiger partial charge in [-0.15, -0.1) is 0 Å². The third kappa shape index (κ3) is 4.84. The SMILES string of the molecule is COc1cc(C(=O)CCc2c(O)cc(O)c(CCC(C)C)c2O)ccc1O. The van der Waals surface area contributed by atoms with Crippen LogP contribution in [-0.2, 0) is 12.8 Å². The first kappa shape index (κ1) is 20.4. The van der Waals surface area contributed by atoms with Gasteiger partial charge in [0.2, 0.25) is 0 Å². The molecule has 0 unspecified atom stereocenters. The summed E-state index contributed by atoms with van der Waals surface area (Å²) in [6.45, 7) is 4.08. The van der Waals surface area contributed by atoms with Gasteiger partial charge in [0.15, 0.2) is 17.3 Å². The van der Waals surface area contributed by atoms with Gasteiger partial charge < -0.3 is 25.2 Å². The van der Waals surface area contributed by atoms with E-state index in [4.69, 9.17) is 4.74 Å². The fourth-order valence-corrected chi connectivity index (χ4v) is 2.89. The Labute approximate surface area is 158 Å². The minimum Gasteiger partial charge on any atom is -0.507 e. The number of ether oxygens (including phenoxy) is 1. The Morgan fingerprint density at radius 3 is 2.19 bits per heavy atom. The van der Waals surface area contributed by atoms with Gasteiger partial charge in [-0.1, -0.05) is 13.8 Å². The van der Waals surface area contributed by atoms with Gasteiger partial charge in [0, 0.05) is 29.2 Å². The highest BCUT2D eigenvalue weighted by molar-refractivity contribution is 5.96. The van der Waals surface area contributed by atoms with Crippen molar-refractivity contribution < 1.29 is 30.0 Å². The van der Waals surface area contributed by atoms with Crippen LogP contribution in [0.1, 0.15) is 48.2 Å². The summed E-state index contributed by atoms with van der Waals surface area (Å²) in [6, 6.07) is 5.53. The van der Waals surface area contributed by atoms with Crippen molar-refractivity contribution >= 4 is 5.78 Å². The number of methoxy groups -OCH3 is 1. The van der Waals surface area contributed by atoms with Crippen molar-refractivity contribution in [2.24, 2.45) is 5.92 Å². The number of phenolic OH excluding ortho intramolecular Hbond substituents is 4. The molecule has 0 aliphatic heterocycles. The van der Waals surface area contributed by atoms with Crippen LogP contribution in [0.3, 0.4) is 0 Å². The normalized spacial score (nSPS) is 11.0. The molecule has 0 radical (unpaired) electrons. The summed E-state index contributed by atoms with van der Waals surface area (Å²) in [5, 5.41) is 40.2. The maximum absolute atomic E-state index is 12.4. The molecule has 2 rings (SSSR count). The lowest BCUT2D eigenvalue weighted by Crippen LogP contribution is -2.03. The van der Waals surface area contributed by atoms with Gasteiger partial charge in [0.1, 0.15) is 17.2 Å². The van der Waals surface area contributed by atoms with Gasteiger partial charge >= 0.3 is 0 Å². The molecule has 0 amide bonds. The third-order valence-electron chi connectivity index (χ3n) is 4.54. The van der Waals surface area contributed by atoms with Gasteiger partial charge in [-0.05, 0) is 43.4 Å². The molecule has 0 aromatic heterocycles. The standard InChI is InChI=1S/C21H26O6/c1-12(2)4-6-14-18(24)11-19(25)15(21(14)26)7-9-16(22)13-5-8-17(23)20(10-13)27-3/h5,8,10-12,23-26H,4,6-7,9H2,1-3H3. The number of Topliss-reactive ketones (excluding diaryl/α,β-unsaturated/α-hetero) is 1. The fourth-order valence-electron chi connectivity index (χ4n) is 2.89. The first-order valence-electron chi connectivity index (χ1n) is 8.90. The molecule has 0 heterocycles. The predicted molar refractivity (Wildman–Crippen MR) is 102 cm³/mol. The van der Waals surface area contributed by atoms with Crippen LogP contribution < -0.4 is 4.74 Å². The highest BCUT2D eigenvalue weighted by atomic mass is 16.5. The zero-order valence-corrected chi connectivity index (χ0v) is 15.8. The van der Waals surface area contributed by atoms with Crippen molar-refractivity contribution in [2.75, 3.05) is 7.11 Å². The largest absolute Gasteiger partial charge is 0.507 e. The second kappa shape index (κ2) is 8.66. The Bertz CT molecular complexity index is 826. The number of benzene rings is 2. The maximum Gasteiger partial charge on any atom is 0.163 e. The molecule has 0 spiro atoms. The molecule has 0 fully saturated rings. The van der Waals surface area contributed by atoms with Gasteiger partial charge in [-0.3, -0.25) is 4.79 Å². The van der Waals surface area contributed by atoms with Crippen LogP contribution >= 0.6 is 0 Å². The summed E-state index contributed by atoms with van der Waals surface area (Å²) in [4.78, 5) is 12.4. The van der Waals surface area contributed by atoms with E-state index in [9.17, 15) is 25.2 Å². The minimum absolute atomic E-state index is 0.0451. The first-order chi connectivity index (χ1) is 12.7. The molecule has 27 heavy (non-hydrogen) atoms. The number of carbonyl (C=O) groups is 1. The summed E-state index contributed by atoms with van der Waals surface area (Å²) in [5.41, 5.74) is 0.989. The lowest BCUT2D eigenvalue weighted by atomic mass is 9.95. The molecule has 2 aromatic rings. The quantitative estimate of drug-likeness (QED) is 0.522.